The minimum atomic E-state index is -0.596. The molecule has 1 saturated heterocycles. The van der Waals surface area contributed by atoms with Crippen molar-refractivity contribution in [2.75, 3.05) is 0 Å². The number of allylic oxidation sites excluding steroid dienone is 3. The predicted octanol–water partition coefficient (Wildman–Crippen LogP) is 4.08. The van der Waals surface area contributed by atoms with Gasteiger partial charge in [0.25, 0.3) is 0 Å². The van der Waals surface area contributed by atoms with Crippen molar-refractivity contribution in [3.05, 3.63) is 35.5 Å². The number of hydrogen-bond donors (Lipinski definition) is 0. The van der Waals surface area contributed by atoms with Crippen molar-refractivity contribution in [2.24, 2.45) is 11.8 Å². The normalized spacial score (nSPS) is 33.8. The van der Waals surface area contributed by atoms with Crippen LogP contribution in [-0.4, -0.2) is 29.9 Å². The summed E-state index contributed by atoms with van der Waals surface area (Å²) in [6.45, 7) is 10.9. The van der Waals surface area contributed by atoms with Gasteiger partial charge in [0.15, 0.2) is 0 Å². The van der Waals surface area contributed by atoms with Gasteiger partial charge in [-0.05, 0) is 59.0 Å². The van der Waals surface area contributed by atoms with Crippen LogP contribution in [0.15, 0.2) is 35.5 Å². The number of carbonyl (C=O) groups is 3. The van der Waals surface area contributed by atoms with E-state index in [2.05, 4.69) is 19.6 Å². The summed E-state index contributed by atoms with van der Waals surface area (Å²) in [4.78, 5) is 36.1. The lowest BCUT2D eigenvalue weighted by Gasteiger charge is -2.28. The van der Waals surface area contributed by atoms with Crippen molar-refractivity contribution < 1.29 is 23.9 Å². The Morgan fingerprint density at radius 3 is 2.52 bits per heavy atom. The number of Topliss-reactive ketones (excluding diaryl/α,β-unsaturated/α-hetero) is 1. The first-order chi connectivity index (χ1) is 12.7. The van der Waals surface area contributed by atoms with Gasteiger partial charge in [0, 0.05) is 18.4 Å². The molecule has 1 heterocycles. The van der Waals surface area contributed by atoms with Crippen LogP contribution in [0.2, 0.25) is 0 Å². The number of ketones is 1. The maximum Gasteiger partial charge on any atom is 0.334 e. The molecule has 2 aliphatic rings. The lowest BCUT2D eigenvalue weighted by Crippen LogP contribution is -2.34. The lowest BCUT2D eigenvalue weighted by atomic mass is 9.82. The smallest absolute Gasteiger partial charge is 0.334 e. The Kier molecular flexibility index (Phi) is 7.17. The molecule has 0 radical (unpaired) electrons. The summed E-state index contributed by atoms with van der Waals surface area (Å²) in [6, 6.07) is 0. The molecule has 1 aliphatic heterocycles. The average molecular weight is 374 g/mol. The number of ether oxygens (including phenoxy) is 2. The van der Waals surface area contributed by atoms with Crippen molar-refractivity contribution in [1.82, 2.24) is 0 Å². The molecule has 0 N–H and O–H groups in total. The van der Waals surface area contributed by atoms with E-state index in [1.54, 1.807) is 0 Å². The first kappa shape index (κ1) is 21.1. The third kappa shape index (κ3) is 5.65. The molecule has 0 bridgehead atoms. The Labute approximate surface area is 161 Å². The van der Waals surface area contributed by atoms with Crippen LogP contribution < -0.4 is 0 Å². The third-order valence-electron chi connectivity index (χ3n) is 5.45. The molecule has 4 atom stereocenters. The van der Waals surface area contributed by atoms with Gasteiger partial charge < -0.3 is 9.47 Å². The van der Waals surface area contributed by atoms with Crippen molar-refractivity contribution in [3.8, 4) is 0 Å². The van der Waals surface area contributed by atoms with E-state index in [-0.39, 0.29) is 11.7 Å². The molecule has 0 amide bonds. The second-order valence-corrected chi connectivity index (χ2v) is 7.74. The fourth-order valence-electron chi connectivity index (χ4n) is 3.86. The van der Waals surface area contributed by atoms with Gasteiger partial charge in [-0.2, -0.15) is 0 Å². The molecule has 148 valence electrons. The third-order valence-corrected chi connectivity index (χ3v) is 5.45. The van der Waals surface area contributed by atoms with Gasteiger partial charge in [0.05, 0.1) is 5.92 Å². The van der Waals surface area contributed by atoms with E-state index in [9.17, 15) is 14.4 Å². The van der Waals surface area contributed by atoms with Crippen LogP contribution in [-0.2, 0) is 23.9 Å². The van der Waals surface area contributed by atoms with E-state index in [4.69, 9.17) is 9.47 Å². The Balaban J connectivity index is 2.41. The second kappa shape index (κ2) is 9.16. The minimum Gasteiger partial charge on any atom is -0.462 e. The number of hydrogen-bond acceptors (Lipinski definition) is 5. The molecule has 5 heteroatoms. The predicted molar refractivity (Wildman–Crippen MR) is 103 cm³/mol. The van der Waals surface area contributed by atoms with Gasteiger partial charge in [0.1, 0.15) is 18.0 Å². The molecule has 1 aliphatic carbocycles. The van der Waals surface area contributed by atoms with Crippen molar-refractivity contribution in [2.45, 2.75) is 72.0 Å². The van der Waals surface area contributed by atoms with Crippen LogP contribution in [0.1, 0.15) is 59.8 Å². The Bertz CT molecular complexity index is 685. The molecule has 0 aromatic carbocycles. The zero-order valence-corrected chi connectivity index (χ0v) is 16.7. The fraction of sp³-hybridized carbons (Fsp3) is 0.591. The highest BCUT2D eigenvalue weighted by Gasteiger charge is 2.41. The zero-order valence-electron chi connectivity index (χ0n) is 16.7. The quantitative estimate of drug-likeness (QED) is 0.414. The minimum absolute atomic E-state index is 0.0111. The highest BCUT2D eigenvalue weighted by molar-refractivity contribution is 5.91. The number of carbonyl (C=O) groups excluding carboxylic acids is 3. The molecule has 0 spiro atoms. The monoisotopic (exact) mass is 374 g/mol. The van der Waals surface area contributed by atoms with E-state index >= 15 is 0 Å². The first-order valence-corrected chi connectivity index (χ1v) is 9.59. The summed E-state index contributed by atoms with van der Waals surface area (Å²) in [5.74, 6) is -1.57. The van der Waals surface area contributed by atoms with Crippen LogP contribution in [0, 0.1) is 11.8 Å². The highest BCUT2D eigenvalue weighted by atomic mass is 16.6. The zero-order chi connectivity index (χ0) is 20.1. The molecule has 1 fully saturated rings. The van der Waals surface area contributed by atoms with Gasteiger partial charge in [-0.25, -0.2) is 4.79 Å². The van der Waals surface area contributed by atoms with Gasteiger partial charge in [-0.1, -0.05) is 23.8 Å². The van der Waals surface area contributed by atoms with E-state index in [0.29, 0.717) is 18.4 Å². The van der Waals surface area contributed by atoms with E-state index in [1.807, 2.05) is 13.0 Å². The van der Waals surface area contributed by atoms with Crippen LogP contribution in [0.4, 0.5) is 0 Å². The largest absolute Gasteiger partial charge is 0.462 e. The SMILES string of the molecule is C=C1C(=O)O[C@H]2/C=C(\C)CC/C=C(\C)CC[C@@H](C(C)=O)[C@@H](OC(C)=O)C[C@@H]12. The maximum atomic E-state index is 12.3. The standard InChI is InChI=1S/C22H30O5/c1-13-7-6-8-14(2)11-20-19(15(3)22(25)27-20)12-21(26-17(5)24)18(10-9-13)16(4)23/h7,11,18-21H,3,6,8-10,12H2,1-2,4-5H3/b13-7+,14-11+/t18-,19-,20-,21-/m0/s1. The summed E-state index contributed by atoms with van der Waals surface area (Å²) < 4.78 is 11.0. The summed E-state index contributed by atoms with van der Waals surface area (Å²) >= 11 is 0. The van der Waals surface area contributed by atoms with Gasteiger partial charge >= 0.3 is 11.9 Å². The highest BCUT2D eigenvalue weighted by Crippen LogP contribution is 2.36. The molecule has 2 rings (SSSR count). The van der Waals surface area contributed by atoms with Gasteiger partial charge in [-0.3, -0.25) is 9.59 Å². The van der Waals surface area contributed by atoms with E-state index in [1.165, 1.54) is 19.4 Å². The molecular weight excluding hydrogens is 344 g/mol. The molecule has 0 saturated carbocycles. The van der Waals surface area contributed by atoms with Gasteiger partial charge in [-0.15, -0.1) is 0 Å². The molecule has 0 unspecified atom stereocenters. The molecule has 0 aromatic rings. The number of esters is 2. The Hall–Kier alpha value is -2.17. The van der Waals surface area contributed by atoms with E-state index in [0.717, 1.165) is 24.8 Å². The number of rotatable bonds is 2. The second-order valence-electron chi connectivity index (χ2n) is 7.74. The molecule has 5 nitrogen and oxygen atoms in total. The van der Waals surface area contributed by atoms with Crippen LogP contribution in [0.25, 0.3) is 0 Å². The van der Waals surface area contributed by atoms with Crippen molar-refractivity contribution >= 4 is 17.7 Å². The lowest BCUT2D eigenvalue weighted by molar-refractivity contribution is -0.152. The average Bonchev–Trinajstić information content (AvgIpc) is 2.81. The van der Waals surface area contributed by atoms with Crippen molar-refractivity contribution in [1.29, 1.82) is 0 Å². The first-order valence-electron chi connectivity index (χ1n) is 9.59. The molecule has 27 heavy (non-hydrogen) atoms. The van der Waals surface area contributed by atoms with Crippen molar-refractivity contribution in [3.63, 3.8) is 0 Å². The summed E-state index contributed by atoms with van der Waals surface area (Å²) in [6.07, 6.45) is 6.65. The topological polar surface area (TPSA) is 69.7 Å². The summed E-state index contributed by atoms with van der Waals surface area (Å²) in [5.41, 5.74) is 2.75. The van der Waals surface area contributed by atoms with E-state index < -0.39 is 30.1 Å². The summed E-state index contributed by atoms with van der Waals surface area (Å²) in [5, 5.41) is 0. The Morgan fingerprint density at radius 2 is 1.89 bits per heavy atom. The maximum absolute atomic E-state index is 12.3. The molecule has 0 aromatic heterocycles. The fourth-order valence-corrected chi connectivity index (χ4v) is 3.86. The van der Waals surface area contributed by atoms with Gasteiger partial charge in [0.2, 0.25) is 0 Å². The molecular formula is C22H30O5. The van der Waals surface area contributed by atoms with Crippen LogP contribution in [0.3, 0.4) is 0 Å². The summed E-state index contributed by atoms with van der Waals surface area (Å²) in [7, 11) is 0. The van der Waals surface area contributed by atoms with Crippen LogP contribution >= 0.6 is 0 Å². The number of fused-ring (bicyclic) bond motifs is 1. The van der Waals surface area contributed by atoms with Crippen LogP contribution in [0.5, 0.6) is 0 Å². The Morgan fingerprint density at radius 1 is 1.19 bits per heavy atom.